The minimum Gasteiger partial charge on any atom is -0.393 e. The highest BCUT2D eigenvalue weighted by atomic mass is 16.5. The van der Waals surface area contributed by atoms with E-state index >= 15 is 0 Å². The molecule has 132 valence electrons. The van der Waals surface area contributed by atoms with Gasteiger partial charge in [-0.2, -0.15) is 0 Å². The molecule has 5 heteroatoms. The summed E-state index contributed by atoms with van der Waals surface area (Å²) in [5, 5.41) is 10.3. The molecule has 4 rings (SSSR count). The second-order valence-electron chi connectivity index (χ2n) is 6.94. The molecule has 0 aliphatic carbocycles. The molecule has 3 heterocycles. The minimum absolute atomic E-state index is 0.0272. The maximum atomic E-state index is 13.0. The monoisotopic (exact) mass is 340 g/mol. The van der Waals surface area contributed by atoms with Crippen LogP contribution in [0.25, 0.3) is 5.69 Å². The zero-order valence-electron chi connectivity index (χ0n) is 14.3. The van der Waals surface area contributed by atoms with Crippen molar-refractivity contribution < 1.29 is 14.6 Å². The van der Waals surface area contributed by atoms with Crippen molar-refractivity contribution in [3.8, 4) is 5.69 Å². The number of aromatic nitrogens is 1. The molecule has 2 aliphatic rings. The Morgan fingerprint density at radius 3 is 2.60 bits per heavy atom. The number of rotatable bonds is 3. The summed E-state index contributed by atoms with van der Waals surface area (Å²) in [4.78, 5) is 14.9. The van der Waals surface area contributed by atoms with E-state index < -0.39 is 0 Å². The largest absolute Gasteiger partial charge is 0.393 e. The standard InChI is InChI=1S/C20H24N2O3/c23-19-9-13-25-14-17(19)18-4-3-12-22(18)20(24)15-5-7-16(8-6-15)21-10-1-2-11-21/h1-2,5-8,10-11,17-19,23H,3-4,9,12-14H2/t17-,18+,19-/m0/s1. The third kappa shape index (κ3) is 3.22. The van der Waals surface area contributed by atoms with Crippen LogP contribution < -0.4 is 0 Å². The third-order valence-electron chi connectivity index (χ3n) is 5.43. The summed E-state index contributed by atoms with van der Waals surface area (Å²) < 4.78 is 7.57. The molecule has 1 amide bonds. The van der Waals surface area contributed by atoms with Crippen LogP contribution in [0.15, 0.2) is 48.8 Å². The Kier molecular flexibility index (Phi) is 4.59. The number of carbonyl (C=O) groups excluding carboxylic acids is 1. The van der Waals surface area contributed by atoms with Gasteiger partial charge in [0.25, 0.3) is 5.91 Å². The molecule has 1 N–H and O–H groups in total. The van der Waals surface area contributed by atoms with E-state index in [1.54, 1.807) is 0 Å². The van der Waals surface area contributed by atoms with Crippen LogP contribution in [-0.2, 0) is 4.74 Å². The van der Waals surface area contributed by atoms with E-state index in [0.29, 0.717) is 25.2 Å². The van der Waals surface area contributed by atoms with Crippen LogP contribution in [0, 0.1) is 5.92 Å². The Hall–Kier alpha value is -2.11. The predicted octanol–water partition coefficient (Wildman–Crippen LogP) is 2.48. The number of amides is 1. The van der Waals surface area contributed by atoms with Gasteiger partial charge in [0, 0.05) is 48.8 Å². The molecule has 5 nitrogen and oxygen atoms in total. The summed E-state index contributed by atoms with van der Waals surface area (Å²) >= 11 is 0. The third-order valence-corrected chi connectivity index (χ3v) is 5.43. The first-order valence-corrected chi connectivity index (χ1v) is 9.04. The predicted molar refractivity (Wildman–Crippen MR) is 94.8 cm³/mol. The van der Waals surface area contributed by atoms with Crippen molar-refractivity contribution in [2.75, 3.05) is 19.8 Å². The molecule has 0 bridgehead atoms. The number of hydrogen-bond donors (Lipinski definition) is 1. The molecular weight excluding hydrogens is 316 g/mol. The van der Waals surface area contributed by atoms with Crippen molar-refractivity contribution in [2.45, 2.75) is 31.4 Å². The lowest BCUT2D eigenvalue weighted by Crippen LogP contribution is -2.48. The molecule has 0 radical (unpaired) electrons. The number of nitrogens with zero attached hydrogens (tertiary/aromatic N) is 2. The van der Waals surface area contributed by atoms with E-state index in [-0.39, 0.29) is 24.0 Å². The fourth-order valence-electron chi connectivity index (χ4n) is 4.05. The fourth-order valence-corrected chi connectivity index (χ4v) is 4.05. The summed E-state index contributed by atoms with van der Waals surface area (Å²) in [6, 6.07) is 11.7. The van der Waals surface area contributed by atoms with Crippen LogP contribution in [0.3, 0.4) is 0 Å². The van der Waals surface area contributed by atoms with Crippen molar-refractivity contribution in [3.05, 3.63) is 54.4 Å². The minimum atomic E-state index is -0.372. The quantitative estimate of drug-likeness (QED) is 0.934. The Morgan fingerprint density at radius 1 is 1.12 bits per heavy atom. The van der Waals surface area contributed by atoms with E-state index in [9.17, 15) is 9.90 Å². The van der Waals surface area contributed by atoms with E-state index in [0.717, 1.165) is 25.1 Å². The fraction of sp³-hybridized carbons (Fsp3) is 0.450. The summed E-state index contributed by atoms with van der Waals surface area (Å²) in [6.07, 6.45) is 6.19. The molecule has 1 aromatic carbocycles. The smallest absolute Gasteiger partial charge is 0.254 e. The second-order valence-corrected chi connectivity index (χ2v) is 6.94. The van der Waals surface area contributed by atoms with Gasteiger partial charge in [0.1, 0.15) is 0 Å². The molecule has 0 unspecified atom stereocenters. The van der Waals surface area contributed by atoms with Crippen LogP contribution in [0.5, 0.6) is 0 Å². The molecule has 0 saturated carbocycles. The average molecular weight is 340 g/mol. The molecule has 1 aromatic heterocycles. The Labute approximate surface area is 147 Å². The topological polar surface area (TPSA) is 54.7 Å². The molecule has 2 aromatic rings. The highest BCUT2D eigenvalue weighted by Gasteiger charge is 2.39. The van der Waals surface area contributed by atoms with Crippen molar-refractivity contribution in [1.29, 1.82) is 0 Å². The van der Waals surface area contributed by atoms with Crippen molar-refractivity contribution in [2.24, 2.45) is 5.92 Å². The number of aliphatic hydroxyl groups is 1. The zero-order valence-corrected chi connectivity index (χ0v) is 14.3. The maximum absolute atomic E-state index is 13.0. The molecule has 2 aliphatic heterocycles. The lowest BCUT2D eigenvalue weighted by atomic mass is 9.89. The van der Waals surface area contributed by atoms with Gasteiger partial charge in [-0.25, -0.2) is 0 Å². The van der Waals surface area contributed by atoms with Crippen LogP contribution in [-0.4, -0.2) is 52.4 Å². The van der Waals surface area contributed by atoms with Crippen LogP contribution >= 0.6 is 0 Å². The van der Waals surface area contributed by atoms with E-state index in [4.69, 9.17) is 4.74 Å². The average Bonchev–Trinajstić information content (AvgIpc) is 3.34. The van der Waals surface area contributed by atoms with Crippen molar-refractivity contribution in [1.82, 2.24) is 9.47 Å². The lowest BCUT2D eigenvalue weighted by molar-refractivity contribution is -0.0589. The molecule has 2 fully saturated rings. The highest BCUT2D eigenvalue weighted by Crippen LogP contribution is 2.31. The van der Waals surface area contributed by atoms with Gasteiger partial charge in [-0.05, 0) is 55.7 Å². The summed E-state index contributed by atoms with van der Waals surface area (Å²) in [7, 11) is 0. The summed E-state index contributed by atoms with van der Waals surface area (Å²) in [5.41, 5.74) is 1.74. The first-order valence-electron chi connectivity index (χ1n) is 9.04. The Balaban J connectivity index is 1.51. The van der Waals surface area contributed by atoms with Crippen molar-refractivity contribution in [3.63, 3.8) is 0 Å². The van der Waals surface area contributed by atoms with Gasteiger partial charge in [0.2, 0.25) is 0 Å². The number of aliphatic hydroxyl groups excluding tert-OH is 1. The molecule has 2 saturated heterocycles. The van der Waals surface area contributed by atoms with E-state index in [1.807, 2.05) is 58.3 Å². The maximum Gasteiger partial charge on any atom is 0.254 e. The van der Waals surface area contributed by atoms with Gasteiger partial charge < -0.3 is 19.3 Å². The number of carbonyl (C=O) groups is 1. The van der Waals surface area contributed by atoms with E-state index in [1.165, 1.54) is 0 Å². The van der Waals surface area contributed by atoms with Crippen LogP contribution in [0.1, 0.15) is 29.6 Å². The molecule has 25 heavy (non-hydrogen) atoms. The van der Waals surface area contributed by atoms with E-state index in [2.05, 4.69) is 0 Å². The summed E-state index contributed by atoms with van der Waals surface area (Å²) in [6.45, 7) is 1.91. The zero-order chi connectivity index (χ0) is 17.2. The Morgan fingerprint density at radius 2 is 1.88 bits per heavy atom. The van der Waals surface area contributed by atoms with Gasteiger partial charge in [-0.15, -0.1) is 0 Å². The SMILES string of the molecule is O=C(c1ccc(-n2cccc2)cc1)N1CCC[C@@H]1[C@@H]1COCC[C@@H]1O. The summed E-state index contributed by atoms with van der Waals surface area (Å²) in [5.74, 6) is 0.0821. The number of hydrogen-bond acceptors (Lipinski definition) is 3. The normalized spacial score (nSPS) is 26.8. The highest BCUT2D eigenvalue weighted by molar-refractivity contribution is 5.94. The molecule has 0 spiro atoms. The first kappa shape index (κ1) is 16.4. The van der Waals surface area contributed by atoms with Crippen molar-refractivity contribution >= 4 is 5.91 Å². The van der Waals surface area contributed by atoms with Gasteiger partial charge in [0.15, 0.2) is 0 Å². The molecular formula is C20H24N2O3. The number of benzene rings is 1. The van der Waals surface area contributed by atoms with Gasteiger partial charge >= 0.3 is 0 Å². The van der Waals surface area contributed by atoms with Gasteiger partial charge in [0.05, 0.1) is 12.7 Å². The first-order chi connectivity index (χ1) is 12.2. The number of ether oxygens (including phenoxy) is 1. The number of likely N-dealkylation sites (tertiary alicyclic amines) is 1. The molecule has 3 atom stereocenters. The van der Waals surface area contributed by atoms with Crippen LogP contribution in [0.2, 0.25) is 0 Å². The second kappa shape index (κ2) is 7.02. The Bertz CT molecular complexity index is 711. The lowest BCUT2D eigenvalue weighted by Gasteiger charge is -2.37. The van der Waals surface area contributed by atoms with Gasteiger partial charge in [-0.3, -0.25) is 4.79 Å². The van der Waals surface area contributed by atoms with Gasteiger partial charge in [-0.1, -0.05) is 0 Å². The van der Waals surface area contributed by atoms with Crippen LogP contribution in [0.4, 0.5) is 0 Å².